The van der Waals surface area contributed by atoms with Crippen LogP contribution in [0.3, 0.4) is 0 Å². The van der Waals surface area contributed by atoms with Gasteiger partial charge in [0.05, 0.1) is 46.8 Å². The third-order valence-corrected chi connectivity index (χ3v) is 6.48. The van der Waals surface area contributed by atoms with E-state index in [0.29, 0.717) is 0 Å². The van der Waals surface area contributed by atoms with Gasteiger partial charge in [-0.15, -0.1) is 0 Å². The van der Waals surface area contributed by atoms with Crippen molar-refractivity contribution in [1.82, 2.24) is 0 Å². The molecule has 15 heteroatoms. The number of likely N-dealkylation sites (N-methyl/N-ethyl adjacent to an activating group) is 1. The summed E-state index contributed by atoms with van der Waals surface area (Å²) in [6, 6.07) is 0. The maximum absolute atomic E-state index is 11.6. The Bertz CT molecular complexity index is 584. The molecule has 0 saturated heterocycles. The molecular formula is C12H24F6N2O5S2. The van der Waals surface area contributed by atoms with E-state index in [4.69, 9.17) is 4.74 Å². The molecule has 0 spiro atoms. The van der Waals surface area contributed by atoms with Crippen LogP contribution >= 0.6 is 0 Å². The summed E-state index contributed by atoms with van der Waals surface area (Å²) in [6.07, 6.45) is -10.6. The van der Waals surface area contributed by atoms with Crippen LogP contribution in [-0.2, 0) is 24.8 Å². The molecule has 0 amide bonds. The Morgan fingerprint density at radius 3 is 1.41 bits per heavy atom. The van der Waals surface area contributed by atoms with Crippen molar-refractivity contribution in [1.29, 1.82) is 0 Å². The minimum atomic E-state index is -5.56. The molecule has 0 N–H and O–H groups in total. The highest BCUT2D eigenvalue weighted by molar-refractivity contribution is 8.12. The van der Waals surface area contributed by atoms with Crippen LogP contribution in [0.25, 0.3) is 4.13 Å². The standard InChI is InChI=1S/C8H20NO.C4H4F6NO4S2/c1-5-9(3,6-2)7-8-10-4;5-3(6,7)1-16(12,13)11-17(14,15)2-4(8,9)10/h5-8H2,1-4H3;1-2H2/q+1;-1. The van der Waals surface area contributed by atoms with Crippen LogP contribution in [0.1, 0.15) is 13.8 Å². The van der Waals surface area contributed by atoms with E-state index in [0.717, 1.165) is 17.6 Å². The number of rotatable bonds is 9. The Hall–Kier alpha value is -0.640. The van der Waals surface area contributed by atoms with Crippen LogP contribution in [0.4, 0.5) is 26.3 Å². The Morgan fingerprint density at radius 2 is 1.19 bits per heavy atom. The predicted molar refractivity (Wildman–Crippen MR) is 87.1 cm³/mol. The number of quaternary nitrogens is 1. The lowest BCUT2D eigenvalue weighted by Crippen LogP contribution is -2.45. The van der Waals surface area contributed by atoms with Gasteiger partial charge in [0.15, 0.2) is 0 Å². The van der Waals surface area contributed by atoms with Crippen LogP contribution in [0.15, 0.2) is 0 Å². The molecule has 27 heavy (non-hydrogen) atoms. The van der Waals surface area contributed by atoms with Crippen molar-refractivity contribution in [3.05, 3.63) is 4.13 Å². The highest BCUT2D eigenvalue weighted by atomic mass is 32.3. The zero-order valence-corrected chi connectivity index (χ0v) is 16.9. The molecule has 0 aliphatic carbocycles. The number of methoxy groups -OCH3 is 1. The number of ether oxygens (including phenoxy) is 1. The molecule has 0 fully saturated rings. The van der Waals surface area contributed by atoms with Gasteiger partial charge in [-0.2, -0.15) is 26.3 Å². The summed E-state index contributed by atoms with van der Waals surface area (Å²) < 4.78 is 119. The van der Waals surface area contributed by atoms with Gasteiger partial charge in [0.25, 0.3) is 0 Å². The summed E-state index contributed by atoms with van der Waals surface area (Å²) >= 11 is 0. The van der Waals surface area contributed by atoms with Crippen molar-refractivity contribution in [2.45, 2.75) is 26.2 Å². The van der Waals surface area contributed by atoms with Gasteiger partial charge >= 0.3 is 12.4 Å². The highest BCUT2D eigenvalue weighted by Crippen LogP contribution is 2.25. The molecule has 0 aromatic rings. The summed E-state index contributed by atoms with van der Waals surface area (Å²) in [6.45, 7) is 8.83. The lowest BCUT2D eigenvalue weighted by Gasteiger charge is -2.31. The Morgan fingerprint density at radius 1 is 0.852 bits per heavy atom. The van der Waals surface area contributed by atoms with Crippen molar-refractivity contribution in [3.63, 3.8) is 0 Å². The van der Waals surface area contributed by atoms with Gasteiger partial charge in [-0.3, -0.25) is 0 Å². The highest BCUT2D eigenvalue weighted by Gasteiger charge is 2.35. The zero-order chi connectivity index (χ0) is 22.2. The van der Waals surface area contributed by atoms with Crippen LogP contribution in [0.2, 0.25) is 0 Å². The molecule has 0 unspecified atom stereocenters. The van der Waals surface area contributed by atoms with Crippen molar-refractivity contribution in [3.8, 4) is 0 Å². The first-order valence-electron chi connectivity index (χ1n) is 7.46. The van der Waals surface area contributed by atoms with Crippen molar-refractivity contribution in [2.24, 2.45) is 0 Å². The molecule has 0 aliphatic rings. The molecule has 166 valence electrons. The topological polar surface area (TPSA) is 91.6 Å². The molecule has 0 saturated carbocycles. The third-order valence-electron chi connectivity index (χ3n) is 3.28. The maximum Gasteiger partial charge on any atom is 0.401 e. The molecule has 0 radical (unpaired) electrons. The molecule has 0 rings (SSSR count). The smallest absolute Gasteiger partial charge is 0.401 e. The van der Waals surface area contributed by atoms with Gasteiger partial charge in [-0.1, -0.05) is 0 Å². The molecule has 0 aromatic carbocycles. The first-order valence-corrected chi connectivity index (χ1v) is 10.7. The Labute approximate surface area is 155 Å². The van der Waals surface area contributed by atoms with Gasteiger partial charge in [0.1, 0.15) is 18.1 Å². The normalized spacial score (nSPS) is 13.9. The fraction of sp³-hybridized carbons (Fsp3) is 1.00. The monoisotopic (exact) mass is 454 g/mol. The van der Waals surface area contributed by atoms with E-state index in [1.165, 1.54) is 13.1 Å². The van der Waals surface area contributed by atoms with Gasteiger partial charge < -0.3 is 13.3 Å². The molecular weight excluding hydrogens is 430 g/mol. The van der Waals surface area contributed by atoms with Crippen molar-refractivity contribution >= 4 is 20.0 Å². The summed E-state index contributed by atoms with van der Waals surface area (Å²) in [5.41, 5.74) is 0. The summed E-state index contributed by atoms with van der Waals surface area (Å²) in [4.78, 5) is 0. The summed E-state index contributed by atoms with van der Waals surface area (Å²) in [5.74, 6) is -5.28. The minimum Gasteiger partial charge on any atom is -0.436 e. The second kappa shape index (κ2) is 10.8. The molecule has 7 nitrogen and oxygen atoms in total. The van der Waals surface area contributed by atoms with Gasteiger partial charge in [-0.05, 0) is 13.8 Å². The van der Waals surface area contributed by atoms with E-state index in [1.807, 2.05) is 0 Å². The fourth-order valence-corrected chi connectivity index (χ4v) is 4.12. The number of alkyl halides is 6. The quantitative estimate of drug-likeness (QED) is 0.394. The zero-order valence-electron chi connectivity index (χ0n) is 15.3. The Kier molecular flexibility index (Phi) is 11.4. The molecule has 0 aliphatic heterocycles. The Balaban J connectivity index is 0. The number of halogens is 6. The van der Waals surface area contributed by atoms with Gasteiger partial charge in [-0.25, -0.2) is 16.8 Å². The van der Waals surface area contributed by atoms with Crippen molar-refractivity contribution in [2.75, 3.05) is 51.9 Å². The maximum atomic E-state index is 11.6. The molecule has 0 bridgehead atoms. The minimum absolute atomic E-state index is 0.873. The van der Waals surface area contributed by atoms with E-state index < -0.39 is 43.9 Å². The van der Waals surface area contributed by atoms with E-state index in [2.05, 4.69) is 20.9 Å². The van der Waals surface area contributed by atoms with Gasteiger partial charge in [0, 0.05) is 7.11 Å². The number of nitrogens with zero attached hydrogens (tertiary/aromatic N) is 2. The average molecular weight is 454 g/mol. The average Bonchev–Trinajstić information content (AvgIpc) is 2.38. The van der Waals surface area contributed by atoms with E-state index >= 15 is 0 Å². The van der Waals surface area contributed by atoms with E-state index in [9.17, 15) is 43.2 Å². The second-order valence-corrected chi connectivity index (χ2v) is 9.23. The molecule has 0 heterocycles. The van der Waals surface area contributed by atoms with Gasteiger partial charge in [0.2, 0.25) is 0 Å². The fourth-order valence-electron chi connectivity index (χ4n) is 1.49. The van der Waals surface area contributed by atoms with E-state index in [-0.39, 0.29) is 0 Å². The lowest BCUT2D eigenvalue weighted by atomic mass is 10.4. The van der Waals surface area contributed by atoms with E-state index in [1.54, 1.807) is 11.2 Å². The van der Waals surface area contributed by atoms with Crippen LogP contribution in [0, 0.1) is 0 Å². The largest absolute Gasteiger partial charge is 0.436 e. The number of sulfonamides is 2. The third kappa shape index (κ3) is 17.2. The van der Waals surface area contributed by atoms with Crippen LogP contribution in [-0.4, -0.2) is 85.6 Å². The molecule has 0 atom stereocenters. The molecule has 0 aromatic heterocycles. The van der Waals surface area contributed by atoms with Crippen molar-refractivity contribution < 1.29 is 52.4 Å². The summed E-state index contributed by atoms with van der Waals surface area (Å²) in [5, 5.41) is 0. The second-order valence-electron chi connectivity index (χ2n) is 5.73. The van der Waals surface area contributed by atoms with Crippen LogP contribution < -0.4 is 0 Å². The first-order chi connectivity index (χ1) is 11.8. The number of hydrogen-bond donors (Lipinski definition) is 0. The lowest BCUT2D eigenvalue weighted by molar-refractivity contribution is -0.906. The summed E-state index contributed by atoms with van der Waals surface area (Å²) in [7, 11) is -7.09. The predicted octanol–water partition coefficient (Wildman–Crippen LogP) is 2.26. The van der Waals surface area contributed by atoms with Crippen LogP contribution in [0.5, 0.6) is 0 Å². The number of hydrogen-bond acceptors (Lipinski definition) is 5. The first kappa shape index (κ1) is 28.6. The SMILES string of the molecule is CC[N+](C)(CC)CCOC.O=S(=O)(CC(F)(F)F)[N-]S(=O)(=O)CC(F)(F)F.